The van der Waals surface area contributed by atoms with Crippen LogP contribution in [-0.4, -0.2) is 27.3 Å². The second-order valence-corrected chi connectivity index (χ2v) is 7.95. The molecule has 2 heterocycles. The number of hydrogen-bond donors (Lipinski definition) is 3. The fraction of sp³-hybridized carbons (Fsp3) is 0.208. The summed E-state index contributed by atoms with van der Waals surface area (Å²) in [6.45, 7) is 2.35. The molecule has 0 amide bonds. The zero-order chi connectivity index (χ0) is 22.5. The minimum atomic E-state index is -0.155. The van der Waals surface area contributed by atoms with E-state index in [1.54, 1.807) is 14.0 Å². The van der Waals surface area contributed by atoms with Crippen LogP contribution in [0.15, 0.2) is 65.6 Å². The Kier molecular flexibility index (Phi) is 6.68. The van der Waals surface area contributed by atoms with Crippen molar-refractivity contribution in [3.05, 3.63) is 98.8 Å². The van der Waals surface area contributed by atoms with E-state index in [1.807, 2.05) is 54.7 Å². The molecule has 164 valence electrons. The molecule has 0 fully saturated rings. The second-order valence-electron chi connectivity index (χ2n) is 7.51. The van der Waals surface area contributed by atoms with Gasteiger partial charge in [-0.25, -0.2) is 4.98 Å². The number of rotatable bonds is 8. The van der Waals surface area contributed by atoms with Gasteiger partial charge in [-0.15, -0.1) is 0 Å². The van der Waals surface area contributed by atoms with E-state index < -0.39 is 0 Å². The van der Waals surface area contributed by atoms with Gasteiger partial charge in [-0.1, -0.05) is 35.9 Å². The molecule has 0 saturated heterocycles. The highest BCUT2D eigenvalue weighted by molar-refractivity contribution is 6.30. The molecule has 0 aliphatic rings. The van der Waals surface area contributed by atoms with Gasteiger partial charge in [-0.2, -0.15) is 5.10 Å². The van der Waals surface area contributed by atoms with E-state index >= 15 is 0 Å². The van der Waals surface area contributed by atoms with Gasteiger partial charge in [0.1, 0.15) is 11.6 Å². The Morgan fingerprint density at radius 1 is 1.16 bits per heavy atom. The van der Waals surface area contributed by atoms with Crippen molar-refractivity contribution in [2.45, 2.75) is 25.9 Å². The van der Waals surface area contributed by atoms with Gasteiger partial charge in [0.25, 0.3) is 5.56 Å². The highest BCUT2D eigenvalue weighted by Crippen LogP contribution is 2.26. The van der Waals surface area contributed by atoms with Crippen molar-refractivity contribution in [3.63, 3.8) is 0 Å². The van der Waals surface area contributed by atoms with Crippen molar-refractivity contribution in [1.82, 2.24) is 25.5 Å². The molecule has 0 unspecified atom stereocenters. The van der Waals surface area contributed by atoms with Crippen LogP contribution in [0.2, 0.25) is 5.02 Å². The number of nitrogens with zero attached hydrogens (tertiary/aromatic N) is 2. The fourth-order valence-corrected chi connectivity index (χ4v) is 3.79. The van der Waals surface area contributed by atoms with Crippen LogP contribution in [0.3, 0.4) is 0 Å². The van der Waals surface area contributed by atoms with E-state index in [0.717, 1.165) is 33.8 Å². The standard InChI is InChI=1S/C24H24ClN5O2/c1-15-28-20(12-23(31)29-15)11-22(16-6-8-19(25)9-7-16)26-13-18-14-27-30-24(18)17-4-3-5-21(10-17)32-2/h3-10,12,14,22,26H,11,13H2,1-2H3,(H,27,30)(H,28,29,31)/t22-/m0/s1. The van der Waals surface area contributed by atoms with Crippen molar-refractivity contribution in [2.75, 3.05) is 7.11 Å². The van der Waals surface area contributed by atoms with Gasteiger partial charge in [0, 0.05) is 46.9 Å². The largest absolute Gasteiger partial charge is 0.497 e. The summed E-state index contributed by atoms with van der Waals surface area (Å²) < 4.78 is 5.35. The number of hydrogen-bond acceptors (Lipinski definition) is 5. The van der Waals surface area contributed by atoms with Crippen LogP contribution >= 0.6 is 11.6 Å². The molecule has 1 atom stereocenters. The van der Waals surface area contributed by atoms with E-state index in [2.05, 4.69) is 25.5 Å². The lowest BCUT2D eigenvalue weighted by Crippen LogP contribution is -2.24. The highest BCUT2D eigenvalue weighted by atomic mass is 35.5. The number of ether oxygens (including phenoxy) is 1. The van der Waals surface area contributed by atoms with Crippen LogP contribution in [-0.2, 0) is 13.0 Å². The zero-order valence-electron chi connectivity index (χ0n) is 17.9. The first-order valence-corrected chi connectivity index (χ1v) is 10.6. The van der Waals surface area contributed by atoms with E-state index in [0.29, 0.717) is 23.8 Å². The van der Waals surface area contributed by atoms with Gasteiger partial charge >= 0.3 is 0 Å². The summed E-state index contributed by atoms with van der Waals surface area (Å²) in [4.78, 5) is 19.1. The lowest BCUT2D eigenvalue weighted by Gasteiger charge is -2.19. The van der Waals surface area contributed by atoms with Crippen molar-refractivity contribution < 1.29 is 4.74 Å². The summed E-state index contributed by atoms with van der Waals surface area (Å²) in [5.74, 6) is 1.38. The average molecular weight is 450 g/mol. The Bertz CT molecular complexity index is 1250. The number of benzene rings is 2. The number of aromatic amines is 2. The van der Waals surface area contributed by atoms with Crippen LogP contribution in [0.4, 0.5) is 0 Å². The van der Waals surface area contributed by atoms with E-state index in [-0.39, 0.29) is 11.6 Å². The second kappa shape index (κ2) is 9.80. The number of aromatic nitrogens is 4. The van der Waals surface area contributed by atoms with Gasteiger partial charge < -0.3 is 15.0 Å². The summed E-state index contributed by atoms with van der Waals surface area (Å²) in [5.41, 5.74) is 4.56. The Morgan fingerprint density at radius 3 is 2.72 bits per heavy atom. The average Bonchev–Trinajstić information content (AvgIpc) is 3.25. The molecule has 7 nitrogen and oxygen atoms in total. The lowest BCUT2D eigenvalue weighted by atomic mass is 10.0. The Morgan fingerprint density at radius 2 is 1.97 bits per heavy atom. The highest BCUT2D eigenvalue weighted by Gasteiger charge is 2.16. The molecule has 4 aromatic rings. The van der Waals surface area contributed by atoms with Gasteiger partial charge in [0.2, 0.25) is 0 Å². The molecular formula is C24H24ClN5O2. The SMILES string of the molecule is COc1cccc(-c2[nH]ncc2CN[C@@H](Cc2cc(=O)[nH]c(C)n2)c2ccc(Cl)cc2)c1. The molecule has 0 bridgehead atoms. The van der Waals surface area contributed by atoms with Gasteiger partial charge in [0.15, 0.2) is 0 Å². The Labute approximate surface area is 190 Å². The van der Waals surface area contributed by atoms with E-state index in [4.69, 9.17) is 16.3 Å². The van der Waals surface area contributed by atoms with E-state index in [9.17, 15) is 4.79 Å². The zero-order valence-corrected chi connectivity index (χ0v) is 18.6. The molecule has 0 spiro atoms. The number of halogens is 1. The molecule has 4 rings (SSSR count). The number of methoxy groups -OCH3 is 1. The first-order valence-electron chi connectivity index (χ1n) is 10.2. The summed E-state index contributed by atoms with van der Waals surface area (Å²) in [6, 6.07) is 17.0. The maximum atomic E-state index is 11.9. The fourth-order valence-electron chi connectivity index (χ4n) is 3.66. The minimum Gasteiger partial charge on any atom is -0.497 e. The topological polar surface area (TPSA) is 95.7 Å². The van der Waals surface area contributed by atoms with E-state index in [1.165, 1.54) is 6.07 Å². The van der Waals surface area contributed by atoms with Gasteiger partial charge in [-0.05, 0) is 36.8 Å². The van der Waals surface area contributed by atoms with Crippen LogP contribution in [0, 0.1) is 6.92 Å². The molecule has 2 aromatic carbocycles. The Hall–Kier alpha value is -3.42. The quantitative estimate of drug-likeness (QED) is 0.374. The van der Waals surface area contributed by atoms with Crippen LogP contribution in [0.25, 0.3) is 11.3 Å². The summed E-state index contributed by atoms with van der Waals surface area (Å²) >= 11 is 6.09. The van der Waals surface area contributed by atoms with Crippen LogP contribution < -0.4 is 15.6 Å². The summed E-state index contributed by atoms with van der Waals surface area (Å²) in [7, 11) is 1.65. The van der Waals surface area contributed by atoms with Crippen LogP contribution in [0.1, 0.15) is 28.7 Å². The molecule has 0 aliphatic carbocycles. The number of H-pyrrole nitrogens is 2. The lowest BCUT2D eigenvalue weighted by molar-refractivity contribution is 0.415. The predicted molar refractivity (Wildman–Crippen MR) is 125 cm³/mol. The van der Waals surface area contributed by atoms with Gasteiger partial charge in [-0.3, -0.25) is 9.89 Å². The van der Waals surface area contributed by atoms with Crippen molar-refractivity contribution in [3.8, 4) is 17.0 Å². The first kappa shape index (κ1) is 21.8. The molecule has 2 aromatic heterocycles. The van der Waals surface area contributed by atoms with Crippen molar-refractivity contribution in [1.29, 1.82) is 0 Å². The summed E-state index contributed by atoms with van der Waals surface area (Å²) in [5, 5.41) is 11.6. The third-order valence-electron chi connectivity index (χ3n) is 5.21. The van der Waals surface area contributed by atoms with Gasteiger partial charge in [0.05, 0.1) is 19.0 Å². The predicted octanol–water partition coefficient (Wildman–Crippen LogP) is 4.20. The van der Waals surface area contributed by atoms with Crippen molar-refractivity contribution in [2.24, 2.45) is 0 Å². The molecule has 32 heavy (non-hydrogen) atoms. The maximum Gasteiger partial charge on any atom is 0.251 e. The molecule has 0 radical (unpaired) electrons. The normalized spacial score (nSPS) is 12.0. The minimum absolute atomic E-state index is 0.0750. The smallest absolute Gasteiger partial charge is 0.251 e. The third kappa shape index (κ3) is 5.25. The monoisotopic (exact) mass is 449 g/mol. The van der Waals surface area contributed by atoms with Crippen LogP contribution in [0.5, 0.6) is 5.75 Å². The number of aryl methyl sites for hydroxylation is 1. The van der Waals surface area contributed by atoms with Crippen molar-refractivity contribution >= 4 is 11.6 Å². The Balaban J connectivity index is 1.59. The number of nitrogens with one attached hydrogen (secondary N) is 3. The molecule has 8 heteroatoms. The maximum absolute atomic E-state index is 11.9. The summed E-state index contributed by atoms with van der Waals surface area (Å²) in [6.07, 6.45) is 2.37. The molecule has 0 saturated carbocycles. The molecular weight excluding hydrogens is 426 g/mol. The molecule has 0 aliphatic heterocycles. The third-order valence-corrected chi connectivity index (χ3v) is 5.47. The first-order chi connectivity index (χ1) is 15.5. The molecule has 3 N–H and O–H groups in total.